The number of rotatable bonds is 5. The fourth-order valence-corrected chi connectivity index (χ4v) is 3.51. The molecule has 0 bridgehead atoms. The van der Waals surface area contributed by atoms with Crippen molar-refractivity contribution < 1.29 is 4.39 Å². The van der Waals surface area contributed by atoms with Crippen molar-refractivity contribution in [3.8, 4) is 0 Å². The smallest absolute Gasteiger partial charge is 0.170 e. The second kappa shape index (κ2) is 8.61. The molecule has 1 heterocycles. The highest BCUT2D eigenvalue weighted by molar-refractivity contribution is 7.80. The summed E-state index contributed by atoms with van der Waals surface area (Å²) in [7, 11) is 0. The Morgan fingerprint density at radius 3 is 2.56 bits per heavy atom. The first kappa shape index (κ1) is 18.1. The van der Waals surface area contributed by atoms with Crippen LogP contribution in [-0.2, 0) is 0 Å². The fraction of sp³-hybridized carbons (Fsp3) is 0.316. The van der Waals surface area contributed by atoms with Gasteiger partial charge in [0.05, 0.1) is 11.1 Å². The lowest BCUT2D eigenvalue weighted by Crippen LogP contribution is -2.38. The first-order chi connectivity index (χ1) is 12.1. The van der Waals surface area contributed by atoms with E-state index in [1.807, 2.05) is 6.07 Å². The summed E-state index contributed by atoms with van der Waals surface area (Å²) in [5.74, 6) is -0.440. The van der Waals surface area contributed by atoms with Gasteiger partial charge in [-0.15, -0.1) is 0 Å². The van der Waals surface area contributed by atoms with Crippen molar-refractivity contribution in [3.05, 3.63) is 64.9 Å². The van der Waals surface area contributed by atoms with Gasteiger partial charge in [0.25, 0.3) is 0 Å². The Morgan fingerprint density at radius 2 is 1.88 bits per heavy atom. The van der Waals surface area contributed by atoms with Crippen molar-refractivity contribution >= 4 is 34.6 Å². The van der Waals surface area contributed by atoms with Crippen LogP contribution < -0.4 is 10.6 Å². The van der Waals surface area contributed by atoms with E-state index in [0.717, 1.165) is 13.1 Å². The minimum Gasteiger partial charge on any atom is -0.361 e. The van der Waals surface area contributed by atoms with Crippen molar-refractivity contribution in [1.82, 2.24) is 10.2 Å². The number of nitrogens with one attached hydrogen (secondary N) is 2. The van der Waals surface area contributed by atoms with Crippen molar-refractivity contribution in [3.63, 3.8) is 0 Å². The molecule has 0 aromatic heterocycles. The van der Waals surface area contributed by atoms with Crippen LogP contribution in [-0.4, -0.2) is 29.6 Å². The molecule has 0 amide bonds. The molecule has 132 valence electrons. The maximum atomic E-state index is 13.2. The lowest BCUT2D eigenvalue weighted by molar-refractivity contribution is 0.246. The minimum absolute atomic E-state index is 0.0760. The first-order valence-electron chi connectivity index (χ1n) is 8.42. The molecule has 0 unspecified atom stereocenters. The van der Waals surface area contributed by atoms with Gasteiger partial charge >= 0.3 is 0 Å². The topological polar surface area (TPSA) is 27.3 Å². The van der Waals surface area contributed by atoms with Gasteiger partial charge in [-0.05, 0) is 61.9 Å². The minimum atomic E-state index is -0.440. The molecule has 6 heteroatoms. The van der Waals surface area contributed by atoms with Gasteiger partial charge in [0.1, 0.15) is 5.82 Å². The van der Waals surface area contributed by atoms with Crippen molar-refractivity contribution in [1.29, 1.82) is 0 Å². The lowest BCUT2D eigenvalue weighted by Gasteiger charge is -2.28. The Bertz CT molecular complexity index is 720. The average Bonchev–Trinajstić information content (AvgIpc) is 3.14. The van der Waals surface area contributed by atoms with Crippen LogP contribution in [0.4, 0.5) is 10.1 Å². The normalized spacial score (nSPS) is 15.8. The molecule has 0 aliphatic carbocycles. The standard InChI is InChI=1S/C19H21ClFN3S/c20-16-12-15(8-9-17(16)21)23-19(25)22-13-18(24-10-4-5-11-24)14-6-2-1-3-7-14/h1-3,6-9,12,18H,4-5,10-11,13H2,(H2,22,23,25)/t18-/m0/s1. The van der Waals surface area contributed by atoms with E-state index in [0.29, 0.717) is 17.3 Å². The third-order valence-electron chi connectivity index (χ3n) is 4.40. The number of likely N-dealkylation sites (tertiary alicyclic amines) is 1. The zero-order valence-corrected chi connectivity index (χ0v) is 15.4. The molecule has 2 aromatic carbocycles. The third kappa shape index (κ3) is 4.91. The van der Waals surface area contributed by atoms with Crippen LogP contribution in [0.15, 0.2) is 48.5 Å². The Hall–Kier alpha value is -1.69. The van der Waals surface area contributed by atoms with Crippen LogP contribution in [0.3, 0.4) is 0 Å². The van der Waals surface area contributed by atoms with Crippen LogP contribution in [0.5, 0.6) is 0 Å². The van der Waals surface area contributed by atoms with Gasteiger partial charge in [-0.2, -0.15) is 0 Å². The number of anilines is 1. The van der Waals surface area contributed by atoms with E-state index >= 15 is 0 Å². The van der Waals surface area contributed by atoms with Gasteiger partial charge in [-0.3, -0.25) is 4.90 Å². The number of benzene rings is 2. The molecular weight excluding hydrogens is 357 g/mol. The fourth-order valence-electron chi connectivity index (χ4n) is 3.12. The largest absolute Gasteiger partial charge is 0.361 e. The zero-order chi connectivity index (χ0) is 17.6. The average molecular weight is 378 g/mol. The maximum absolute atomic E-state index is 13.2. The van der Waals surface area contributed by atoms with Crippen LogP contribution in [0.2, 0.25) is 5.02 Å². The van der Waals surface area contributed by atoms with Crippen LogP contribution in [0.25, 0.3) is 0 Å². The summed E-state index contributed by atoms with van der Waals surface area (Å²) in [5.41, 5.74) is 1.95. The summed E-state index contributed by atoms with van der Waals surface area (Å²) >= 11 is 11.2. The van der Waals surface area contributed by atoms with E-state index in [1.54, 1.807) is 6.07 Å². The maximum Gasteiger partial charge on any atom is 0.170 e. The first-order valence-corrected chi connectivity index (χ1v) is 9.21. The second-order valence-corrected chi connectivity index (χ2v) is 6.95. The number of nitrogens with zero attached hydrogens (tertiary/aromatic N) is 1. The molecule has 1 aliphatic heterocycles. The predicted molar refractivity (Wildman–Crippen MR) is 106 cm³/mol. The summed E-state index contributed by atoms with van der Waals surface area (Å²) in [6.45, 7) is 2.93. The highest BCUT2D eigenvalue weighted by atomic mass is 35.5. The summed E-state index contributed by atoms with van der Waals surface area (Å²) in [4.78, 5) is 2.49. The molecule has 25 heavy (non-hydrogen) atoms. The molecule has 1 fully saturated rings. The molecule has 0 saturated carbocycles. The SMILES string of the molecule is Fc1ccc(NC(=S)NC[C@@H](c2ccccc2)N2CCCC2)cc1Cl. The van der Waals surface area contributed by atoms with Crippen LogP contribution in [0, 0.1) is 5.82 Å². The second-order valence-electron chi connectivity index (χ2n) is 6.13. The van der Waals surface area contributed by atoms with Gasteiger partial charge in [-0.25, -0.2) is 4.39 Å². The van der Waals surface area contributed by atoms with Crippen molar-refractivity contribution in [2.45, 2.75) is 18.9 Å². The monoisotopic (exact) mass is 377 g/mol. The summed E-state index contributed by atoms with van der Waals surface area (Å²) in [5, 5.41) is 6.92. The number of halogens is 2. The molecule has 3 nitrogen and oxygen atoms in total. The highest BCUT2D eigenvalue weighted by Crippen LogP contribution is 2.24. The van der Waals surface area contributed by atoms with Gasteiger partial charge in [-0.1, -0.05) is 41.9 Å². The third-order valence-corrected chi connectivity index (χ3v) is 4.94. The quantitative estimate of drug-likeness (QED) is 0.744. The number of thiocarbonyl (C=S) groups is 1. The van der Waals surface area contributed by atoms with Crippen LogP contribution in [0.1, 0.15) is 24.4 Å². The summed E-state index contributed by atoms with van der Waals surface area (Å²) in [6.07, 6.45) is 2.47. The Kier molecular flexibility index (Phi) is 6.24. The summed E-state index contributed by atoms with van der Waals surface area (Å²) < 4.78 is 13.2. The predicted octanol–water partition coefficient (Wildman–Crippen LogP) is 4.60. The molecule has 3 rings (SSSR count). The number of hydrogen-bond donors (Lipinski definition) is 2. The van der Waals surface area contributed by atoms with E-state index < -0.39 is 5.82 Å². The molecule has 1 atom stereocenters. The molecule has 0 radical (unpaired) electrons. The van der Waals surface area contributed by atoms with Gasteiger partial charge in [0.15, 0.2) is 5.11 Å². The molecule has 2 N–H and O–H groups in total. The zero-order valence-electron chi connectivity index (χ0n) is 13.8. The Balaban J connectivity index is 1.62. The molecule has 1 aliphatic rings. The van der Waals surface area contributed by atoms with Crippen LogP contribution >= 0.6 is 23.8 Å². The summed E-state index contributed by atoms with van der Waals surface area (Å²) in [6, 6.07) is 15.2. The number of hydrogen-bond acceptors (Lipinski definition) is 2. The highest BCUT2D eigenvalue weighted by Gasteiger charge is 2.23. The van der Waals surface area contributed by atoms with Crippen molar-refractivity contribution in [2.75, 3.05) is 25.0 Å². The Labute approximate surface area is 158 Å². The lowest BCUT2D eigenvalue weighted by atomic mass is 10.1. The van der Waals surface area contributed by atoms with E-state index in [-0.39, 0.29) is 11.1 Å². The molecule has 2 aromatic rings. The van der Waals surface area contributed by atoms with Gasteiger partial charge in [0.2, 0.25) is 0 Å². The molecule has 0 spiro atoms. The molecule has 1 saturated heterocycles. The van der Waals surface area contributed by atoms with Gasteiger partial charge in [0, 0.05) is 12.2 Å². The van der Waals surface area contributed by atoms with Crippen molar-refractivity contribution in [2.24, 2.45) is 0 Å². The Morgan fingerprint density at radius 1 is 1.16 bits per heavy atom. The van der Waals surface area contributed by atoms with E-state index in [2.05, 4.69) is 39.8 Å². The molecular formula is C19H21ClFN3S. The van der Waals surface area contributed by atoms with E-state index in [1.165, 1.54) is 30.5 Å². The van der Waals surface area contributed by atoms with E-state index in [4.69, 9.17) is 23.8 Å². The van der Waals surface area contributed by atoms with Gasteiger partial charge < -0.3 is 10.6 Å². The van der Waals surface area contributed by atoms with E-state index in [9.17, 15) is 4.39 Å².